The van der Waals surface area contributed by atoms with Crippen LogP contribution >= 0.6 is 23.2 Å². The van der Waals surface area contributed by atoms with E-state index >= 15 is 0 Å². The average molecular weight is 474 g/mol. The molecule has 10 nitrogen and oxygen atoms in total. The number of aliphatic hydroxyl groups is 2. The van der Waals surface area contributed by atoms with Crippen LogP contribution in [0.4, 0.5) is 0 Å². The van der Waals surface area contributed by atoms with E-state index in [9.17, 15) is 24.6 Å². The highest BCUT2D eigenvalue weighted by Crippen LogP contribution is 2.29. The molecule has 31 heavy (non-hydrogen) atoms. The summed E-state index contributed by atoms with van der Waals surface area (Å²) in [7, 11) is 0. The minimum Gasteiger partial charge on any atom is -0.479 e. The van der Waals surface area contributed by atoms with Crippen molar-refractivity contribution in [3.63, 3.8) is 0 Å². The van der Waals surface area contributed by atoms with Gasteiger partial charge in [-0.15, -0.1) is 0 Å². The first-order valence-electron chi connectivity index (χ1n) is 9.31. The Morgan fingerprint density at radius 1 is 1.32 bits per heavy atom. The molecule has 12 heteroatoms. The van der Waals surface area contributed by atoms with Crippen LogP contribution in [0.1, 0.15) is 18.7 Å². The Hall–Kier alpha value is -2.37. The second-order valence-corrected chi connectivity index (χ2v) is 7.95. The predicted octanol–water partition coefficient (Wildman–Crippen LogP) is 0.355. The van der Waals surface area contributed by atoms with E-state index in [2.05, 4.69) is 10.3 Å². The van der Waals surface area contributed by atoms with E-state index in [0.29, 0.717) is 5.02 Å². The predicted molar refractivity (Wildman–Crippen MR) is 112 cm³/mol. The van der Waals surface area contributed by atoms with E-state index in [1.165, 1.54) is 32.2 Å². The number of aliphatic hydroxyl groups excluding tert-OH is 2. The molecule has 168 valence electrons. The first kappa shape index (κ1) is 23.3. The lowest BCUT2D eigenvalue weighted by Gasteiger charge is -2.19. The van der Waals surface area contributed by atoms with Crippen molar-refractivity contribution in [2.24, 2.45) is 0 Å². The molecular formula is C19H21Cl2N3O7. The quantitative estimate of drug-likeness (QED) is 0.473. The van der Waals surface area contributed by atoms with Crippen LogP contribution < -0.4 is 21.3 Å². The smallest absolute Gasteiger partial charge is 0.330 e. The van der Waals surface area contributed by atoms with Gasteiger partial charge in [0.15, 0.2) is 12.3 Å². The van der Waals surface area contributed by atoms with Gasteiger partial charge in [-0.25, -0.2) is 4.79 Å². The van der Waals surface area contributed by atoms with Gasteiger partial charge in [0.25, 0.3) is 11.5 Å². The monoisotopic (exact) mass is 473 g/mol. The molecule has 0 bridgehead atoms. The zero-order chi connectivity index (χ0) is 22.9. The maximum atomic E-state index is 12.4. The molecule has 5 atom stereocenters. The van der Waals surface area contributed by atoms with Gasteiger partial charge in [0.05, 0.1) is 5.02 Å². The summed E-state index contributed by atoms with van der Waals surface area (Å²) in [5.41, 5.74) is -1.13. The van der Waals surface area contributed by atoms with Crippen molar-refractivity contribution in [1.29, 1.82) is 0 Å². The molecule has 2 aromatic rings. The number of halogens is 2. The van der Waals surface area contributed by atoms with Crippen LogP contribution in [0.3, 0.4) is 0 Å². The molecule has 4 N–H and O–H groups in total. The topological polar surface area (TPSA) is 143 Å². The Kier molecular flexibility index (Phi) is 7.07. The molecule has 1 aliphatic heterocycles. The summed E-state index contributed by atoms with van der Waals surface area (Å²) in [6.45, 7) is 2.83. The van der Waals surface area contributed by atoms with Gasteiger partial charge in [0, 0.05) is 23.3 Å². The van der Waals surface area contributed by atoms with E-state index in [1.54, 1.807) is 6.07 Å². The lowest BCUT2D eigenvalue weighted by Crippen LogP contribution is -2.44. The third kappa shape index (κ3) is 5.10. The van der Waals surface area contributed by atoms with Crippen molar-refractivity contribution in [2.45, 2.75) is 44.5 Å². The summed E-state index contributed by atoms with van der Waals surface area (Å²) < 4.78 is 12.1. The molecule has 1 amide bonds. The van der Waals surface area contributed by atoms with Gasteiger partial charge in [-0.1, -0.05) is 23.2 Å². The van der Waals surface area contributed by atoms with Crippen LogP contribution in [-0.2, 0) is 9.53 Å². The summed E-state index contributed by atoms with van der Waals surface area (Å²) >= 11 is 11.9. The number of ether oxygens (including phenoxy) is 2. The summed E-state index contributed by atoms with van der Waals surface area (Å²) in [5.74, 6) is -0.244. The standard InChI is InChI=1S/C19H21Cl2N3O7/c1-8-7-24(19(29)23-16(8)27)18-15(26)14(25)13(31-18)6-22-17(28)9(2)30-12-4-3-10(20)5-11(12)21/h3-5,7,9,13-15,18,25-26H,6H2,1-2H3,(H,22,28)(H,23,27,29)/t9-,13+,14?,15?,18+/m0/s1. The first-order valence-corrected chi connectivity index (χ1v) is 10.1. The number of hydrogen-bond acceptors (Lipinski definition) is 7. The second kappa shape index (κ2) is 9.41. The number of aryl methyl sites for hydroxylation is 1. The van der Waals surface area contributed by atoms with Crippen molar-refractivity contribution in [1.82, 2.24) is 14.9 Å². The van der Waals surface area contributed by atoms with Crippen LogP contribution in [0.15, 0.2) is 34.0 Å². The van der Waals surface area contributed by atoms with Crippen molar-refractivity contribution in [3.05, 3.63) is 60.8 Å². The van der Waals surface area contributed by atoms with Gasteiger partial charge in [-0.2, -0.15) is 0 Å². The van der Waals surface area contributed by atoms with E-state index in [4.69, 9.17) is 32.7 Å². The number of aromatic amines is 1. The number of nitrogens with zero attached hydrogens (tertiary/aromatic N) is 1. The lowest BCUT2D eigenvalue weighted by atomic mass is 10.1. The van der Waals surface area contributed by atoms with Gasteiger partial charge in [0.2, 0.25) is 0 Å². The molecule has 1 aromatic carbocycles. The highest BCUT2D eigenvalue weighted by molar-refractivity contribution is 6.35. The Balaban J connectivity index is 1.62. The Morgan fingerprint density at radius 3 is 2.71 bits per heavy atom. The number of H-pyrrole nitrogens is 1. The molecule has 0 saturated carbocycles. The van der Waals surface area contributed by atoms with Crippen molar-refractivity contribution < 1.29 is 24.5 Å². The van der Waals surface area contributed by atoms with E-state index in [1.807, 2.05) is 0 Å². The van der Waals surface area contributed by atoms with Crippen LogP contribution in [0.5, 0.6) is 5.75 Å². The van der Waals surface area contributed by atoms with Crippen LogP contribution in [0.25, 0.3) is 0 Å². The fourth-order valence-electron chi connectivity index (χ4n) is 3.06. The molecule has 1 saturated heterocycles. The lowest BCUT2D eigenvalue weighted by molar-refractivity contribution is -0.128. The maximum Gasteiger partial charge on any atom is 0.330 e. The average Bonchev–Trinajstić information content (AvgIpc) is 2.99. The number of benzene rings is 1. The Morgan fingerprint density at radius 2 is 2.03 bits per heavy atom. The zero-order valence-electron chi connectivity index (χ0n) is 16.5. The molecule has 1 aromatic heterocycles. The third-order valence-corrected chi connectivity index (χ3v) is 5.33. The number of nitrogens with one attached hydrogen (secondary N) is 2. The molecule has 2 heterocycles. The molecule has 0 radical (unpaired) electrons. The third-order valence-electron chi connectivity index (χ3n) is 4.80. The number of hydrogen-bond donors (Lipinski definition) is 4. The highest BCUT2D eigenvalue weighted by atomic mass is 35.5. The number of aromatic nitrogens is 2. The highest BCUT2D eigenvalue weighted by Gasteiger charge is 2.44. The fraction of sp³-hybridized carbons (Fsp3) is 0.421. The molecule has 0 spiro atoms. The van der Waals surface area contributed by atoms with Gasteiger partial charge in [0.1, 0.15) is 24.1 Å². The summed E-state index contributed by atoms with van der Waals surface area (Å²) in [4.78, 5) is 38.0. The number of carbonyl (C=O) groups excluding carboxylic acids is 1. The van der Waals surface area contributed by atoms with Crippen molar-refractivity contribution >= 4 is 29.1 Å². The minimum atomic E-state index is -1.45. The van der Waals surface area contributed by atoms with Crippen LogP contribution in [0, 0.1) is 6.92 Å². The largest absolute Gasteiger partial charge is 0.479 e. The van der Waals surface area contributed by atoms with Crippen LogP contribution in [-0.4, -0.2) is 56.6 Å². The Labute approximate surface area is 186 Å². The first-order chi connectivity index (χ1) is 14.6. The van der Waals surface area contributed by atoms with E-state index < -0.39 is 47.8 Å². The van der Waals surface area contributed by atoms with Gasteiger partial charge in [-0.05, 0) is 32.0 Å². The van der Waals surface area contributed by atoms with Crippen molar-refractivity contribution in [3.8, 4) is 5.75 Å². The second-order valence-electron chi connectivity index (χ2n) is 7.10. The summed E-state index contributed by atoms with van der Waals surface area (Å²) in [5, 5.41) is 23.8. The maximum absolute atomic E-state index is 12.4. The molecule has 0 aliphatic carbocycles. The minimum absolute atomic E-state index is 0.160. The summed E-state index contributed by atoms with van der Waals surface area (Å²) in [6.07, 6.45) is -4.77. The molecule has 3 rings (SSSR count). The SMILES string of the molecule is Cc1cn([C@@H]2O[C@H](CNC(=O)[C@H](C)Oc3ccc(Cl)cc3Cl)C(O)C2O)c(=O)[nH]c1=O. The van der Waals surface area contributed by atoms with Gasteiger partial charge in [-0.3, -0.25) is 19.1 Å². The fourth-order valence-corrected chi connectivity index (χ4v) is 3.52. The van der Waals surface area contributed by atoms with E-state index in [0.717, 1.165) is 4.57 Å². The van der Waals surface area contributed by atoms with Crippen molar-refractivity contribution in [2.75, 3.05) is 6.54 Å². The number of carbonyl (C=O) groups is 1. The Bertz CT molecular complexity index is 1090. The van der Waals surface area contributed by atoms with Gasteiger partial charge < -0.3 is 25.0 Å². The number of rotatable bonds is 6. The molecule has 2 unspecified atom stereocenters. The molecule has 1 aliphatic rings. The van der Waals surface area contributed by atoms with Gasteiger partial charge >= 0.3 is 5.69 Å². The normalized spacial score (nSPS) is 24.1. The summed E-state index contributed by atoms with van der Waals surface area (Å²) in [6, 6.07) is 4.58. The zero-order valence-corrected chi connectivity index (χ0v) is 18.1. The number of amides is 1. The molecule has 1 fully saturated rings. The molecular weight excluding hydrogens is 453 g/mol. The van der Waals surface area contributed by atoms with E-state index in [-0.39, 0.29) is 22.9 Å². The van der Waals surface area contributed by atoms with Crippen LogP contribution in [0.2, 0.25) is 10.0 Å².